The second kappa shape index (κ2) is 9.96. The molecule has 4 aromatic rings. The number of carbonyl (C=O) groups is 1. The van der Waals surface area contributed by atoms with Crippen LogP contribution in [-0.2, 0) is 5.75 Å². The molecule has 0 saturated carbocycles. The van der Waals surface area contributed by atoms with Crippen LogP contribution in [0.25, 0.3) is 16.6 Å². The Hall–Kier alpha value is -3.58. The van der Waals surface area contributed by atoms with Gasteiger partial charge in [-0.05, 0) is 61.2 Å². The maximum Gasteiger partial charge on any atom is 0.266 e. The lowest BCUT2D eigenvalue weighted by Crippen LogP contribution is -2.28. The number of hydrogen-bond acceptors (Lipinski definition) is 5. The summed E-state index contributed by atoms with van der Waals surface area (Å²) in [7, 11) is 1.60. The van der Waals surface area contributed by atoms with Gasteiger partial charge >= 0.3 is 0 Å². The van der Waals surface area contributed by atoms with Crippen molar-refractivity contribution in [3.05, 3.63) is 93.8 Å². The van der Waals surface area contributed by atoms with E-state index in [1.165, 1.54) is 22.9 Å². The molecule has 178 valence electrons. The maximum atomic E-state index is 13.7. The molecule has 1 fully saturated rings. The molecule has 3 aromatic carbocycles. The molecule has 0 atom stereocenters. The molecule has 0 aliphatic carbocycles. The highest BCUT2D eigenvalue weighted by Gasteiger charge is 2.21. The summed E-state index contributed by atoms with van der Waals surface area (Å²) in [4.78, 5) is 33.5. The van der Waals surface area contributed by atoms with Crippen molar-refractivity contribution in [2.45, 2.75) is 30.7 Å². The highest BCUT2D eigenvalue weighted by molar-refractivity contribution is 7.98. The third-order valence-corrected chi connectivity index (χ3v) is 7.40. The summed E-state index contributed by atoms with van der Waals surface area (Å²) in [6, 6.07) is 20.8. The molecule has 1 aliphatic heterocycles. The SMILES string of the molecule is COc1cccc(-n2c(SCc3ccccc3C)nc3cc(C(=O)N4CCCC4)ccc3c2=O)c1. The number of ether oxygens (including phenoxy) is 1. The third kappa shape index (κ3) is 4.68. The average molecular weight is 486 g/mol. The lowest BCUT2D eigenvalue weighted by Gasteiger charge is -2.17. The van der Waals surface area contributed by atoms with Gasteiger partial charge in [0.2, 0.25) is 0 Å². The lowest BCUT2D eigenvalue weighted by atomic mass is 10.1. The van der Waals surface area contributed by atoms with Gasteiger partial charge in [0.15, 0.2) is 5.16 Å². The molecule has 0 bridgehead atoms. The molecule has 1 aliphatic rings. The molecule has 0 unspecified atom stereocenters. The zero-order valence-electron chi connectivity index (χ0n) is 19.9. The summed E-state index contributed by atoms with van der Waals surface area (Å²) in [6.07, 6.45) is 2.06. The van der Waals surface area contributed by atoms with E-state index >= 15 is 0 Å². The van der Waals surface area contributed by atoms with Crippen molar-refractivity contribution in [3.8, 4) is 11.4 Å². The highest BCUT2D eigenvalue weighted by Crippen LogP contribution is 2.27. The minimum absolute atomic E-state index is 0.00251. The number of likely N-dealkylation sites (tertiary alicyclic amines) is 1. The van der Waals surface area contributed by atoms with E-state index in [0.29, 0.717) is 38.8 Å². The molecule has 5 rings (SSSR count). The summed E-state index contributed by atoms with van der Waals surface area (Å²) in [5, 5.41) is 1.05. The second-order valence-electron chi connectivity index (χ2n) is 8.68. The van der Waals surface area contributed by atoms with Crippen LogP contribution >= 0.6 is 11.8 Å². The fourth-order valence-electron chi connectivity index (χ4n) is 4.39. The molecule has 1 amide bonds. The van der Waals surface area contributed by atoms with Gasteiger partial charge in [-0.3, -0.25) is 14.2 Å². The van der Waals surface area contributed by atoms with Gasteiger partial charge in [0.25, 0.3) is 11.5 Å². The molecule has 6 nitrogen and oxygen atoms in total. The van der Waals surface area contributed by atoms with Crippen LogP contribution in [0.2, 0.25) is 0 Å². The molecular weight excluding hydrogens is 458 g/mol. The number of rotatable bonds is 6. The van der Waals surface area contributed by atoms with Crippen LogP contribution in [0.15, 0.2) is 76.7 Å². The van der Waals surface area contributed by atoms with E-state index < -0.39 is 0 Å². The highest BCUT2D eigenvalue weighted by atomic mass is 32.2. The van der Waals surface area contributed by atoms with Gasteiger partial charge in [0.05, 0.1) is 23.7 Å². The molecular formula is C28H27N3O3S. The molecule has 1 aromatic heterocycles. The fourth-order valence-corrected chi connectivity index (χ4v) is 5.48. The predicted molar refractivity (Wildman–Crippen MR) is 140 cm³/mol. The van der Waals surface area contributed by atoms with Crippen LogP contribution in [0.5, 0.6) is 5.75 Å². The topological polar surface area (TPSA) is 64.4 Å². The lowest BCUT2D eigenvalue weighted by molar-refractivity contribution is 0.0793. The Morgan fingerprint density at radius 2 is 1.83 bits per heavy atom. The average Bonchev–Trinajstić information content (AvgIpc) is 3.43. The van der Waals surface area contributed by atoms with Gasteiger partial charge in [0, 0.05) is 30.5 Å². The Labute approximate surface area is 208 Å². The minimum Gasteiger partial charge on any atom is -0.497 e. The van der Waals surface area contributed by atoms with E-state index in [9.17, 15) is 9.59 Å². The Balaban J connectivity index is 1.62. The van der Waals surface area contributed by atoms with E-state index in [2.05, 4.69) is 19.1 Å². The van der Waals surface area contributed by atoms with E-state index in [1.54, 1.807) is 29.9 Å². The minimum atomic E-state index is -0.171. The van der Waals surface area contributed by atoms with Gasteiger partial charge in [-0.25, -0.2) is 4.98 Å². The number of fused-ring (bicyclic) bond motifs is 1. The zero-order valence-corrected chi connectivity index (χ0v) is 20.7. The van der Waals surface area contributed by atoms with E-state index in [1.807, 2.05) is 41.3 Å². The zero-order chi connectivity index (χ0) is 24.4. The smallest absolute Gasteiger partial charge is 0.266 e. The summed E-state index contributed by atoms with van der Waals surface area (Å²) >= 11 is 1.51. The molecule has 0 radical (unpaired) electrons. The molecule has 0 N–H and O–H groups in total. The van der Waals surface area contributed by atoms with Crippen molar-refractivity contribution in [1.29, 1.82) is 0 Å². The van der Waals surface area contributed by atoms with Crippen LogP contribution in [0.3, 0.4) is 0 Å². The standard InChI is InChI=1S/C28H27N3O3S/c1-19-8-3-4-9-21(19)18-35-28-29-25-16-20(26(32)30-14-5-6-15-30)12-13-24(25)27(33)31(28)22-10-7-11-23(17-22)34-2/h3-4,7-13,16-17H,5-6,14-15,18H2,1-2H3. The molecule has 2 heterocycles. The molecule has 35 heavy (non-hydrogen) atoms. The maximum absolute atomic E-state index is 13.7. The number of benzene rings is 3. The van der Waals surface area contributed by atoms with Crippen molar-refractivity contribution in [2.24, 2.45) is 0 Å². The largest absolute Gasteiger partial charge is 0.497 e. The van der Waals surface area contributed by atoms with Gasteiger partial charge < -0.3 is 9.64 Å². The Morgan fingerprint density at radius 1 is 1.03 bits per heavy atom. The molecule has 1 saturated heterocycles. The number of aryl methyl sites for hydroxylation is 1. The van der Waals surface area contributed by atoms with Crippen LogP contribution in [-0.4, -0.2) is 40.6 Å². The number of carbonyl (C=O) groups excluding carboxylic acids is 1. The van der Waals surface area contributed by atoms with Crippen molar-refractivity contribution in [3.63, 3.8) is 0 Å². The van der Waals surface area contributed by atoms with Crippen LogP contribution in [0, 0.1) is 6.92 Å². The van der Waals surface area contributed by atoms with Gasteiger partial charge in [-0.15, -0.1) is 0 Å². The number of aromatic nitrogens is 2. The van der Waals surface area contributed by atoms with Crippen LogP contribution in [0.1, 0.15) is 34.3 Å². The third-order valence-electron chi connectivity index (χ3n) is 6.41. The normalized spacial score (nSPS) is 13.4. The quantitative estimate of drug-likeness (QED) is 0.276. The second-order valence-corrected chi connectivity index (χ2v) is 9.63. The number of thioether (sulfide) groups is 1. The summed E-state index contributed by atoms with van der Waals surface area (Å²) in [5.74, 6) is 1.33. The first-order valence-corrected chi connectivity index (χ1v) is 12.7. The van der Waals surface area contributed by atoms with E-state index in [4.69, 9.17) is 9.72 Å². The monoisotopic (exact) mass is 485 g/mol. The van der Waals surface area contributed by atoms with Gasteiger partial charge in [0.1, 0.15) is 5.75 Å². The van der Waals surface area contributed by atoms with Gasteiger partial charge in [-0.1, -0.05) is 42.1 Å². The number of amides is 1. The fraction of sp³-hybridized carbons (Fsp3) is 0.250. The number of hydrogen-bond donors (Lipinski definition) is 0. The Kier molecular flexibility index (Phi) is 6.59. The Bertz CT molecular complexity index is 1460. The summed E-state index contributed by atoms with van der Waals surface area (Å²) in [6.45, 7) is 3.63. The van der Waals surface area contributed by atoms with Crippen molar-refractivity contribution < 1.29 is 9.53 Å². The van der Waals surface area contributed by atoms with Crippen molar-refractivity contribution >= 4 is 28.6 Å². The predicted octanol–water partition coefficient (Wildman–Crippen LogP) is 5.23. The Morgan fingerprint density at radius 3 is 2.60 bits per heavy atom. The number of nitrogens with zero attached hydrogens (tertiary/aromatic N) is 3. The first-order valence-electron chi connectivity index (χ1n) is 11.7. The van der Waals surface area contributed by atoms with Crippen LogP contribution in [0.4, 0.5) is 0 Å². The summed E-state index contributed by atoms with van der Waals surface area (Å²) < 4.78 is 7.03. The van der Waals surface area contributed by atoms with E-state index in [0.717, 1.165) is 25.9 Å². The molecule has 0 spiro atoms. The number of methoxy groups -OCH3 is 1. The molecule has 7 heteroatoms. The van der Waals surface area contributed by atoms with Crippen molar-refractivity contribution in [1.82, 2.24) is 14.5 Å². The van der Waals surface area contributed by atoms with E-state index in [-0.39, 0.29) is 11.5 Å². The van der Waals surface area contributed by atoms with Crippen molar-refractivity contribution in [2.75, 3.05) is 20.2 Å². The first-order chi connectivity index (χ1) is 17.0. The summed E-state index contributed by atoms with van der Waals surface area (Å²) in [5.41, 5.74) is 3.99. The van der Waals surface area contributed by atoms with Crippen LogP contribution < -0.4 is 10.3 Å². The first kappa shape index (κ1) is 23.2. The van der Waals surface area contributed by atoms with Gasteiger partial charge in [-0.2, -0.15) is 0 Å².